The van der Waals surface area contributed by atoms with Crippen molar-refractivity contribution in [2.75, 3.05) is 30.4 Å². The predicted molar refractivity (Wildman–Crippen MR) is 76.0 cm³/mol. The Hall–Kier alpha value is -1.39. The Labute approximate surface area is 110 Å². The lowest BCUT2D eigenvalue weighted by Crippen LogP contribution is -2.20. The van der Waals surface area contributed by atoms with Gasteiger partial charge in [-0.15, -0.1) is 5.10 Å². The van der Waals surface area contributed by atoms with Crippen LogP contribution in [0.5, 0.6) is 0 Å². The number of anilines is 2. The summed E-state index contributed by atoms with van der Waals surface area (Å²) in [7, 11) is 2.04. The quantitative estimate of drug-likeness (QED) is 0.684. The highest BCUT2D eigenvalue weighted by Crippen LogP contribution is 2.09. The summed E-state index contributed by atoms with van der Waals surface area (Å²) in [5, 5.41) is 11.2. The molecule has 5 nitrogen and oxygen atoms in total. The van der Waals surface area contributed by atoms with Crippen molar-refractivity contribution < 1.29 is 0 Å². The number of hydrogen-bond acceptors (Lipinski definition) is 5. The number of nitrogens with zero attached hydrogens (tertiary/aromatic N) is 4. The van der Waals surface area contributed by atoms with Gasteiger partial charge in [0, 0.05) is 20.1 Å². The molecule has 0 aliphatic carbocycles. The zero-order chi connectivity index (χ0) is 13.2. The molecule has 0 amide bonds. The van der Waals surface area contributed by atoms with Crippen LogP contribution >= 0.6 is 0 Å². The van der Waals surface area contributed by atoms with E-state index in [2.05, 4.69) is 39.2 Å². The van der Waals surface area contributed by atoms with Crippen molar-refractivity contribution in [3.63, 3.8) is 0 Å². The fraction of sp³-hybridized carbons (Fsp3) is 0.769. The summed E-state index contributed by atoms with van der Waals surface area (Å²) in [6, 6.07) is 0. The van der Waals surface area contributed by atoms with Crippen LogP contribution in [-0.4, -0.2) is 35.3 Å². The molecule has 5 heteroatoms. The average Bonchev–Trinajstić information content (AvgIpc) is 2.41. The molecule has 1 N–H and O–H groups in total. The first-order valence-corrected chi connectivity index (χ1v) is 6.92. The first-order valence-electron chi connectivity index (χ1n) is 6.92. The van der Waals surface area contributed by atoms with Gasteiger partial charge in [-0.2, -0.15) is 10.1 Å². The topological polar surface area (TPSA) is 53.9 Å². The smallest absolute Gasteiger partial charge is 0.244 e. The van der Waals surface area contributed by atoms with Crippen LogP contribution in [-0.2, 0) is 0 Å². The van der Waals surface area contributed by atoms with E-state index in [9.17, 15) is 0 Å². The van der Waals surface area contributed by atoms with Crippen LogP contribution < -0.4 is 10.2 Å². The van der Waals surface area contributed by atoms with E-state index in [1.54, 1.807) is 6.20 Å². The fourth-order valence-electron chi connectivity index (χ4n) is 1.64. The van der Waals surface area contributed by atoms with Gasteiger partial charge in [0.1, 0.15) is 0 Å². The third-order valence-electron chi connectivity index (χ3n) is 2.85. The van der Waals surface area contributed by atoms with Gasteiger partial charge in [-0.05, 0) is 12.8 Å². The van der Waals surface area contributed by atoms with Crippen molar-refractivity contribution in [1.82, 2.24) is 15.2 Å². The van der Waals surface area contributed by atoms with Gasteiger partial charge in [0.05, 0.1) is 6.20 Å². The molecule has 1 aromatic rings. The fourth-order valence-corrected chi connectivity index (χ4v) is 1.64. The van der Waals surface area contributed by atoms with Crippen molar-refractivity contribution in [2.24, 2.45) is 0 Å². The standard InChI is InChI=1S/C13H25N5/c1-4-6-8-9-14-13-16-12(11-15-17-13)18(3)10-7-5-2/h11H,4-10H2,1-3H3,(H,14,16,17). The molecule has 0 saturated heterocycles. The molecule has 0 spiro atoms. The largest absolute Gasteiger partial charge is 0.358 e. The van der Waals surface area contributed by atoms with Crippen molar-refractivity contribution >= 4 is 11.8 Å². The molecule has 0 bridgehead atoms. The number of aromatic nitrogens is 3. The van der Waals surface area contributed by atoms with Crippen LogP contribution in [0.4, 0.5) is 11.8 Å². The number of unbranched alkanes of at least 4 members (excludes halogenated alkanes) is 3. The summed E-state index contributed by atoms with van der Waals surface area (Å²) in [5.74, 6) is 1.52. The van der Waals surface area contributed by atoms with Gasteiger partial charge < -0.3 is 10.2 Å². The van der Waals surface area contributed by atoms with E-state index >= 15 is 0 Å². The lowest BCUT2D eigenvalue weighted by molar-refractivity contribution is 0.734. The predicted octanol–water partition coefficient (Wildman–Crippen LogP) is 2.71. The van der Waals surface area contributed by atoms with Gasteiger partial charge in [-0.1, -0.05) is 33.1 Å². The molecule has 0 aliphatic heterocycles. The van der Waals surface area contributed by atoms with Crippen molar-refractivity contribution in [1.29, 1.82) is 0 Å². The van der Waals surface area contributed by atoms with Gasteiger partial charge >= 0.3 is 0 Å². The van der Waals surface area contributed by atoms with E-state index in [-0.39, 0.29) is 0 Å². The van der Waals surface area contributed by atoms with Gasteiger partial charge in [0.25, 0.3) is 0 Å². The highest BCUT2D eigenvalue weighted by atomic mass is 15.3. The maximum Gasteiger partial charge on any atom is 0.244 e. The monoisotopic (exact) mass is 251 g/mol. The Kier molecular flexibility index (Phi) is 7.06. The van der Waals surface area contributed by atoms with Crippen LogP contribution in [0.1, 0.15) is 46.0 Å². The Balaban J connectivity index is 2.45. The molecule has 1 aromatic heterocycles. The van der Waals surface area contributed by atoms with Crippen LogP contribution in [0, 0.1) is 0 Å². The average molecular weight is 251 g/mol. The Bertz CT molecular complexity index is 329. The Morgan fingerprint density at radius 1 is 1.17 bits per heavy atom. The lowest BCUT2D eigenvalue weighted by atomic mass is 10.2. The second-order valence-corrected chi connectivity index (χ2v) is 4.55. The molecule has 18 heavy (non-hydrogen) atoms. The molecular formula is C13H25N5. The molecule has 0 aliphatic rings. The molecule has 0 unspecified atom stereocenters. The molecule has 0 fully saturated rings. The Morgan fingerprint density at radius 3 is 2.67 bits per heavy atom. The Morgan fingerprint density at radius 2 is 1.94 bits per heavy atom. The number of hydrogen-bond donors (Lipinski definition) is 1. The molecule has 0 radical (unpaired) electrons. The van der Waals surface area contributed by atoms with Crippen LogP contribution in [0.2, 0.25) is 0 Å². The van der Waals surface area contributed by atoms with Gasteiger partial charge in [-0.25, -0.2) is 0 Å². The first kappa shape index (κ1) is 14.7. The number of nitrogens with one attached hydrogen (secondary N) is 1. The van der Waals surface area contributed by atoms with E-state index in [4.69, 9.17) is 0 Å². The molecule has 0 aromatic carbocycles. The van der Waals surface area contributed by atoms with Crippen LogP contribution in [0.3, 0.4) is 0 Å². The van der Waals surface area contributed by atoms with Crippen LogP contribution in [0.25, 0.3) is 0 Å². The molecular weight excluding hydrogens is 226 g/mol. The molecule has 102 valence electrons. The van der Waals surface area contributed by atoms with E-state index < -0.39 is 0 Å². The third kappa shape index (κ3) is 5.29. The van der Waals surface area contributed by atoms with E-state index in [1.807, 2.05) is 7.05 Å². The number of rotatable bonds is 9. The van der Waals surface area contributed by atoms with Gasteiger partial charge in [-0.3, -0.25) is 0 Å². The molecule has 1 heterocycles. The second-order valence-electron chi connectivity index (χ2n) is 4.55. The molecule has 0 atom stereocenters. The zero-order valence-electron chi connectivity index (χ0n) is 11.8. The highest BCUT2D eigenvalue weighted by Gasteiger charge is 2.04. The van der Waals surface area contributed by atoms with Crippen molar-refractivity contribution in [3.8, 4) is 0 Å². The summed E-state index contributed by atoms with van der Waals surface area (Å²) in [6.07, 6.45) is 7.67. The van der Waals surface area contributed by atoms with E-state index in [0.717, 1.165) is 25.3 Å². The van der Waals surface area contributed by atoms with Crippen molar-refractivity contribution in [3.05, 3.63) is 6.20 Å². The normalized spacial score (nSPS) is 10.4. The summed E-state index contributed by atoms with van der Waals surface area (Å²) in [6.45, 7) is 6.30. The highest BCUT2D eigenvalue weighted by molar-refractivity contribution is 5.39. The molecule has 0 saturated carbocycles. The first-order chi connectivity index (χ1) is 8.77. The summed E-state index contributed by atoms with van der Waals surface area (Å²) in [4.78, 5) is 6.58. The maximum atomic E-state index is 4.46. The minimum Gasteiger partial charge on any atom is -0.358 e. The van der Waals surface area contributed by atoms with Crippen molar-refractivity contribution in [2.45, 2.75) is 46.0 Å². The third-order valence-corrected chi connectivity index (χ3v) is 2.85. The lowest BCUT2D eigenvalue weighted by Gasteiger charge is -2.17. The summed E-state index contributed by atoms with van der Waals surface area (Å²) in [5.41, 5.74) is 0. The SMILES string of the molecule is CCCCCNc1nncc(N(C)CCCC)n1. The van der Waals surface area contributed by atoms with Crippen LogP contribution in [0.15, 0.2) is 6.20 Å². The zero-order valence-corrected chi connectivity index (χ0v) is 11.8. The van der Waals surface area contributed by atoms with E-state index in [1.165, 1.54) is 25.7 Å². The molecule has 1 rings (SSSR count). The summed E-state index contributed by atoms with van der Waals surface area (Å²) < 4.78 is 0. The summed E-state index contributed by atoms with van der Waals surface area (Å²) >= 11 is 0. The second kappa shape index (κ2) is 8.66. The maximum absolute atomic E-state index is 4.46. The van der Waals surface area contributed by atoms with E-state index in [0.29, 0.717) is 5.95 Å². The minimum atomic E-state index is 0.631. The van der Waals surface area contributed by atoms with Gasteiger partial charge in [0.15, 0.2) is 5.82 Å². The minimum absolute atomic E-state index is 0.631. The van der Waals surface area contributed by atoms with Gasteiger partial charge in [0.2, 0.25) is 5.95 Å².